The van der Waals surface area contributed by atoms with E-state index in [1.807, 2.05) is 6.92 Å². The van der Waals surface area contributed by atoms with Crippen molar-refractivity contribution in [3.05, 3.63) is 23.2 Å². The van der Waals surface area contributed by atoms with Crippen LogP contribution in [0.15, 0.2) is 18.2 Å². The first kappa shape index (κ1) is 11.7. The summed E-state index contributed by atoms with van der Waals surface area (Å²) in [4.78, 5) is 10.9. The number of nitrogens with two attached hydrogens (primary N) is 2. The highest BCUT2D eigenvalue weighted by Crippen LogP contribution is 2.26. The Balaban J connectivity index is 2.84. The third-order valence-electron chi connectivity index (χ3n) is 1.93. The first-order valence-corrected chi connectivity index (χ1v) is 4.93. The molecule has 0 saturated heterocycles. The molecule has 1 amide bonds. The van der Waals surface area contributed by atoms with Gasteiger partial charge in [-0.25, -0.2) is 0 Å². The van der Waals surface area contributed by atoms with Crippen LogP contribution in [0.1, 0.15) is 13.3 Å². The number of carbonyl (C=O) groups excluding carboxylic acids is 1. The summed E-state index contributed by atoms with van der Waals surface area (Å²) in [5.41, 5.74) is 11.2. The van der Waals surface area contributed by atoms with E-state index >= 15 is 0 Å². The lowest BCUT2D eigenvalue weighted by Crippen LogP contribution is -2.33. The van der Waals surface area contributed by atoms with Crippen molar-refractivity contribution in [3.63, 3.8) is 0 Å². The molecule has 82 valence electrons. The number of hydrogen-bond acceptors (Lipinski definition) is 3. The topological polar surface area (TPSA) is 78.3 Å². The molecule has 15 heavy (non-hydrogen) atoms. The third-order valence-corrected chi connectivity index (χ3v) is 2.16. The maximum Gasteiger partial charge on any atom is 0.258 e. The SMILES string of the molecule is CCC(Oc1ccc(Cl)cc1N)C(N)=O. The lowest BCUT2D eigenvalue weighted by atomic mass is 10.2. The van der Waals surface area contributed by atoms with Crippen molar-refractivity contribution in [1.29, 1.82) is 0 Å². The second kappa shape index (κ2) is 4.89. The van der Waals surface area contributed by atoms with Crippen molar-refractivity contribution in [2.45, 2.75) is 19.4 Å². The lowest BCUT2D eigenvalue weighted by molar-refractivity contribution is -0.124. The van der Waals surface area contributed by atoms with Crippen LogP contribution >= 0.6 is 11.6 Å². The largest absolute Gasteiger partial charge is 0.478 e. The molecule has 1 aromatic rings. The molecule has 1 unspecified atom stereocenters. The number of primary amides is 1. The first-order chi connectivity index (χ1) is 7.04. The zero-order chi connectivity index (χ0) is 11.4. The molecule has 0 aromatic heterocycles. The monoisotopic (exact) mass is 228 g/mol. The Morgan fingerprint density at radius 1 is 1.60 bits per heavy atom. The van der Waals surface area contributed by atoms with Gasteiger partial charge in [-0.05, 0) is 24.6 Å². The van der Waals surface area contributed by atoms with Crippen LogP contribution in [-0.4, -0.2) is 12.0 Å². The fourth-order valence-electron chi connectivity index (χ4n) is 1.12. The van der Waals surface area contributed by atoms with Crippen molar-refractivity contribution in [3.8, 4) is 5.75 Å². The Bertz CT molecular complexity index is 368. The number of amides is 1. The number of benzene rings is 1. The van der Waals surface area contributed by atoms with Crippen LogP contribution in [0.2, 0.25) is 5.02 Å². The van der Waals surface area contributed by atoms with Gasteiger partial charge in [0.1, 0.15) is 5.75 Å². The van der Waals surface area contributed by atoms with E-state index in [1.54, 1.807) is 18.2 Å². The van der Waals surface area contributed by atoms with Crippen LogP contribution in [0.3, 0.4) is 0 Å². The molecule has 0 spiro atoms. The van der Waals surface area contributed by atoms with Gasteiger partial charge in [-0.15, -0.1) is 0 Å². The van der Waals surface area contributed by atoms with Gasteiger partial charge in [-0.3, -0.25) is 4.79 Å². The molecule has 1 atom stereocenters. The van der Waals surface area contributed by atoms with Gasteiger partial charge < -0.3 is 16.2 Å². The van der Waals surface area contributed by atoms with Crippen LogP contribution in [0.25, 0.3) is 0 Å². The molecule has 1 aromatic carbocycles. The van der Waals surface area contributed by atoms with Crippen LogP contribution in [0.5, 0.6) is 5.75 Å². The summed E-state index contributed by atoms with van der Waals surface area (Å²) in [5, 5.41) is 0.520. The Labute approximate surface area is 93.1 Å². The maximum absolute atomic E-state index is 10.9. The van der Waals surface area contributed by atoms with Gasteiger partial charge in [0.05, 0.1) is 5.69 Å². The number of halogens is 1. The van der Waals surface area contributed by atoms with E-state index in [-0.39, 0.29) is 0 Å². The molecule has 0 aliphatic heterocycles. The number of carbonyl (C=O) groups is 1. The molecule has 5 heteroatoms. The van der Waals surface area contributed by atoms with Gasteiger partial charge >= 0.3 is 0 Å². The van der Waals surface area contributed by atoms with Crippen LogP contribution < -0.4 is 16.2 Å². The van der Waals surface area contributed by atoms with Crippen LogP contribution in [0, 0.1) is 0 Å². The zero-order valence-corrected chi connectivity index (χ0v) is 9.12. The average Bonchev–Trinajstić information content (AvgIpc) is 2.16. The molecular weight excluding hydrogens is 216 g/mol. The molecule has 1 rings (SSSR count). The molecule has 0 saturated carbocycles. The lowest BCUT2D eigenvalue weighted by Gasteiger charge is -2.15. The third kappa shape index (κ3) is 3.02. The molecule has 0 aliphatic rings. The van der Waals surface area contributed by atoms with Gasteiger partial charge in [-0.1, -0.05) is 18.5 Å². The second-order valence-corrected chi connectivity index (χ2v) is 3.54. The highest BCUT2D eigenvalue weighted by Gasteiger charge is 2.15. The van der Waals surface area contributed by atoms with Crippen LogP contribution in [0.4, 0.5) is 5.69 Å². The molecule has 0 fully saturated rings. The van der Waals surface area contributed by atoms with Crippen molar-refractivity contribution >= 4 is 23.2 Å². The minimum atomic E-state index is -0.659. The Morgan fingerprint density at radius 3 is 2.73 bits per heavy atom. The summed E-state index contributed by atoms with van der Waals surface area (Å²) < 4.78 is 5.35. The fourth-order valence-corrected chi connectivity index (χ4v) is 1.30. The van der Waals surface area contributed by atoms with Gasteiger partial charge in [-0.2, -0.15) is 0 Å². The number of ether oxygens (including phenoxy) is 1. The summed E-state index contributed by atoms with van der Waals surface area (Å²) >= 11 is 5.72. The number of rotatable bonds is 4. The van der Waals surface area contributed by atoms with Gasteiger partial charge in [0.2, 0.25) is 0 Å². The molecule has 4 N–H and O–H groups in total. The Hall–Kier alpha value is -1.42. The standard InChI is InChI=1S/C10H13ClN2O2/c1-2-8(10(13)14)15-9-4-3-6(11)5-7(9)12/h3-5,8H,2,12H2,1H3,(H2,13,14). The fraction of sp³-hybridized carbons (Fsp3) is 0.300. The van der Waals surface area contributed by atoms with E-state index in [9.17, 15) is 4.79 Å². The zero-order valence-electron chi connectivity index (χ0n) is 8.37. The number of nitrogen functional groups attached to an aromatic ring is 1. The summed E-state index contributed by atoms with van der Waals surface area (Å²) in [6, 6.07) is 4.81. The highest BCUT2D eigenvalue weighted by atomic mass is 35.5. The average molecular weight is 229 g/mol. The number of hydrogen-bond donors (Lipinski definition) is 2. The van der Waals surface area contributed by atoms with E-state index in [1.165, 1.54) is 0 Å². The normalized spacial score (nSPS) is 12.1. The van der Waals surface area contributed by atoms with E-state index in [2.05, 4.69) is 0 Å². The van der Waals surface area contributed by atoms with E-state index < -0.39 is 12.0 Å². The quantitative estimate of drug-likeness (QED) is 0.768. The molecule has 0 heterocycles. The highest BCUT2D eigenvalue weighted by molar-refractivity contribution is 6.30. The van der Waals surface area contributed by atoms with E-state index in [4.69, 9.17) is 27.8 Å². The predicted molar refractivity (Wildman–Crippen MR) is 59.8 cm³/mol. The molecule has 0 radical (unpaired) electrons. The predicted octanol–water partition coefficient (Wildman–Crippen LogP) is 1.56. The van der Waals surface area contributed by atoms with Crippen molar-refractivity contribution in [2.75, 3.05) is 5.73 Å². The Kier molecular flexibility index (Phi) is 3.80. The summed E-state index contributed by atoms with van der Waals surface area (Å²) in [7, 11) is 0. The molecular formula is C10H13ClN2O2. The molecule has 4 nitrogen and oxygen atoms in total. The summed E-state index contributed by atoms with van der Waals surface area (Å²) in [6.45, 7) is 1.81. The number of anilines is 1. The van der Waals surface area contributed by atoms with Crippen molar-refractivity contribution < 1.29 is 9.53 Å². The minimum absolute atomic E-state index is 0.391. The van der Waals surface area contributed by atoms with Crippen LogP contribution in [-0.2, 0) is 4.79 Å². The molecule has 0 aliphatic carbocycles. The second-order valence-electron chi connectivity index (χ2n) is 3.10. The minimum Gasteiger partial charge on any atom is -0.478 e. The smallest absolute Gasteiger partial charge is 0.258 e. The van der Waals surface area contributed by atoms with Crippen molar-refractivity contribution in [2.24, 2.45) is 5.73 Å². The van der Waals surface area contributed by atoms with Gasteiger partial charge in [0, 0.05) is 5.02 Å². The summed E-state index contributed by atoms with van der Waals surface area (Å²) in [5.74, 6) is -0.0862. The van der Waals surface area contributed by atoms with E-state index in [0.717, 1.165) is 0 Å². The maximum atomic E-state index is 10.9. The summed E-state index contributed by atoms with van der Waals surface area (Å²) in [6.07, 6.45) is -0.161. The van der Waals surface area contributed by atoms with E-state index in [0.29, 0.717) is 22.9 Å². The first-order valence-electron chi connectivity index (χ1n) is 4.55. The Morgan fingerprint density at radius 2 is 2.27 bits per heavy atom. The molecule has 0 bridgehead atoms. The van der Waals surface area contributed by atoms with Gasteiger partial charge in [0.25, 0.3) is 5.91 Å². The van der Waals surface area contributed by atoms with Gasteiger partial charge in [0.15, 0.2) is 6.10 Å². The van der Waals surface area contributed by atoms with Crippen molar-refractivity contribution in [1.82, 2.24) is 0 Å².